The third-order valence-electron chi connectivity index (χ3n) is 3.49. The summed E-state index contributed by atoms with van der Waals surface area (Å²) >= 11 is 0. The van der Waals surface area contributed by atoms with Crippen LogP contribution in [0.25, 0.3) is 0 Å². The van der Waals surface area contributed by atoms with Crippen molar-refractivity contribution in [3.8, 4) is 0 Å². The van der Waals surface area contributed by atoms with Gasteiger partial charge in [0.05, 0.1) is 24.9 Å². The largest absolute Gasteiger partial charge is 0.465 e. The number of amides is 1. The van der Waals surface area contributed by atoms with E-state index in [9.17, 15) is 9.59 Å². The van der Waals surface area contributed by atoms with E-state index in [4.69, 9.17) is 0 Å². The van der Waals surface area contributed by atoms with Crippen LogP contribution in [-0.4, -0.2) is 28.8 Å². The van der Waals surface area contributed by atoms with Crippen LogP contribution >= 0.6 is 0 Å². The highest BCUT2D eigenvalue weighted by atomic mass is 16.5. The molecule has 0 aliphatic rings. The molecule has 1 atom stereocenters. The standard InChI is InChI=1S/C16H19N3O3/c1-4-11(2)19-14(9-10-17-19)18-15(20)12-5-7-13(8-6-12)16(21)22-3/h5-11H,4H2,1-3H3,(H,18,20). The minimum absolute atomic E-state index is 0.201. The second kappa shape index (κ2) is 6.89. The van der Waals surface area contributed by atoms with Crippen molar-refractivity contribution in [1.82, 2.24) is 9.78 Å². The van der Waals surface area contributed by atoms with Gasteiger partial charge in [0.2, 0.25) is 0 Å². The van der Waals surface area contributed by atoms with Crippen LogP contribution in [0.15, 0.2) is 36.5 Å². The molecule has 1 heterocycles. The molecule has 0 saturated carbocycles. The SMILES string of the molecule is CCC(C)n1nccc1NC(=O)c1ccc(C(=O)OC)cc1. The first-order chi connectivity index (χ1) is 10.6. The average molecular weight is 301 g/mol. The first kappa shape index (κ1) is 15.8. The molecule has 6 heteroatoms. The highest BCUT2D eigenvalue weighted by molar-refractivity contribution is 6.04. The smallest absolute Gasteiger partial charge is 0.337 e. The molecule has 1 amide bonds. The van der Waals surface area contributed by atoms with Crippen LogP contribution in [0.3, 0.4) is 0 Å². The first-order valence-electron chi connectivity index (χ1n) is 7.10. The van der Waals surface area contributed by atoms with Crippen LogP contribution < -0.4 is 5.32 Å². The van der Waals surface area contributed by atoms with Gasteiger partial charge >= 0.3 is 5.97 Å². The number of aromatic nitrogens is 2. The van der Waals surface area contributed by atoms with Crippen LogP contribution in [-0.2, 0) is 4.74 Å². The van der Waals surface area contributed by atoms with Crippen molar-refractivity contribution in [3.63, 3.8) is 0 Å². The van der Waals surface area contributed by atoms with Gasteiger partial charge in [0.1, 0.15) is 5.82 Å². The van der Waals surface area contributed by atoms with E-state index in [1.54, 1.807) is 41.2 Å². The van der Waals surface area contributed by atoms with E-state index in [0.29, 0.717) is 16.9 Å². The number of hydrogen-bond donors (Lipinski definition) is 1. The Morgan fingerprint density at radius 3 is 2.45 bits per heavy atom. The topological polar surface area (TPSA) is 73.2 Å². The zero-order chi connectivity index (χ0) is 16.1. The van der Waals surface area contributed by atoms with E-state index < -0.39 is 5.97 Å². The molecule has 116 valence electrons. The number of benzene rings is 1. The molecule has 6 nitrogen and oxygen atoms in total. The lowest BCUT2D eigenvalue weighted by atomic mass is 10.1. The Morgan fingerprint density at radius 2 is 1.86 bits per heavy atom. The van der Waals surface area contributed by atoms with E-state index in [1.165, 1.54) is 7.11 Å². The van der Waals surface area contributed by atoms with Gasteiger partial charge in [0.25, 0.3) is 5.91 Å². The Bertz CT molecular complexity index is 662. The van der Waals surface area contributed by atoms with Gasteiger partial charge < -0.3 is 10.1 Å². The van der Waals surface area contributed by atoms with Crippen molar-refractivity contribution in [1.29, 1.82) is 0 Å². The lowest BCUT2D eigenvalue weighted by molar-refractivity contribution is 0.0600. The van der Waals surface area contributed by atoms with Crippen molar-refractivity contribution in [3.05, 3.63) is 47.7 Å². The average Bonchev–Trinajstić information content (AvgIpc) is 3.01. The van der Waals surface area contributed by atoms with Crippen molar-refractivity contribution in [2.45, 2.75) is 26.3 Å². The Morgan fingerprint density at radius 1 is 1.23 bits per heavy atom. The third-order valence-corrected chi connectivity index (χ3v) is 3.49. The molecule has 0 aliphatic heterocycles. The second-order valence-electron chi connectivity index (χ2n) is 4.94. The van der Waals surface area contributed by atoms with Crippen molar-refractivity contribution >= 4 is 17.7 Å². The molecule has 0 saturated heterocycles. The summed E-state index contributed by atoms with van der Waals surface area (Å²) in [5, 5.41) is 7.05. The second-order valence-corrected chi connectivity index (χ2v) is 4.94. The molecule has 1 aromatic carbocycles. The molecule has 0 spiro atoms. The van der Waals surface area contributed by atoms with Crippen LogP contribution in [0, 0.1) is 0 Å². The monoisotopic (exact) mass is 301 g/mol. The molecule has 1 N–H and O–H groups in total. The summed E-state index contributed by atoms with van der Waals surface area (Å²) in [6.45, 7) is 4.09. The summed E-state index contributed by atoms with van der Waals surface area (Å²) in [7, 11) is 1.32. The van der Waals surface area contributed by atoms with Crippen LogP contribution in [0.5, 0.6) is 0 Å². The van der Waals surface area contributed by atoms with Gasteiger partial charge in [-0.3, -0.25) is 4.79 Å². The number of methoxy groups -OCH3 is 1. The predicted molar refractivity (Wildman–Crippen MR) is 83.0 cm³/mol. The van der Waals surface area contributed by atoms with Gasteiger partial charge in [-0.15, -0.1) is 0 Å². The molecular formula is C16H19N3O3. The predicted octanol–water partition coefficient (Wildman–Crippen LogP) is 2.89. The third kappa shape index (κ3) is 3.33. The van der Waals surface area contributed by atoms with Crippen LogP contribution in [0.4, 0.5) is 5.82 Å². The molecule has 0 fully saturated rings. The van der Waals surface area contributed by atoms with Crippen molar-refractivity contribution in [2.75, 3.05) is 12.4 Å². The minimum Gasteiger partial charge on any atom is -0.465 e. The normalized spacial score (nSPS) is 11.8. The summed E-state index contributed by atoms with van der Waals surface area (Å²) in [5.41, 5.74) is 0.869. The maximum atomic E-state index is 12.3. The van der Waals surface area contributed by atoms with Gasteiger partial charge in [-0.25, -0.2) is 9.48 Å². The van der Waals surface area contributed by atoms with E-state index in [0.717, 1.165) is 6.42 Å². The Kier molecular flexibility index (Phi) is 4.93. The number of nitrogens with zero attached hydrogens (tertiary/aromatic N) is 2. The van der Waals surface area contributed by atoms with Gasteiger partial charge in [0, 0.05) is 11.6 Å². The highest BCUT2D eigenvalue weighted by Crippen LogP contribution is 2.17. The molecule has 1 unspecified atom stereocenters. The number of ether oxygens (including phenoxy) is 1. The van der Waals surface area contributed by atoms with Crippen molar-refractivity contribution < 1.29 is 14.3 Å². The number of carbonyl (C=O) groups excluding carboxylic acids is 2. The molecule has 0 bridgehead atoms. The highest BCUT2D eigenvalue weighted by Gasteiger charge is 2.13. The number of carbonyl (C=O) groups is 2. The van der Waals surface area contributed by atoms with E-state index in [-0.39, 0.29) is 11.9 Å². The summed E-state index contributed by atoms with van der Waals surface area (Å²) in [6.07, 6.45) is 2.57. The fraction of sp³-hybridized carbons (Fsp3) is 0.312. The zero-order valence-electron chi connectivity index (χ0n) is 12.9. The first-order valence-corrected chi connectivity index (χ1v) is 7.10. The Balaban J connectivity index is 2.13. The van der Waals surface area contributed by atoms with Crippen LogP contribution in [0.2, 0.25) is 0 Å². The number of esters is 1. The minimum atomic E-state index is -0.429. The van der Waals surface area contributed by atoms with Crippen LogP contribution in [0.1, 0.15) is 47.0 Å². The van der Waals surface area contributed by atoms with Gasteiger partial charge in [-0.1, -0.05) is 6.92 Å². The molecular weight excluding hydrogens is 282 g/mol. The Hall–Kier alpha value is -2.63. The lowest BCUT2D eigenvalue weighted by Gasteiger charge is -2.14. The quantitative estimate of drug-likeness (QED) is 0.862. The summed E-state index contributed by atoms with van der Waals surface area (Å²) in [4.78, 5) is 23.6. The maximum Gasteiger partial charge on any atom is 0.337 e. The zero-order valence-corrected chi connectivity index (χ0v) is 12.9. The van der Waals surface area contributed by atoms with Gasteiger partial charge in [-0.2, -0.15) is 5.10 Å². The lowest BCUT2D eigenvalue weighted by Crippen LogP contribution is -2.17. The van der Waals surface area contributed by atoms with Gasteiger partial charge in [-0.05, 0) is 37.6 Å². The summed E-state index contributed by atoms with van der Waals surface area (Å²) < 4.78 is 6.40. The molecule has 22 heavy (non-hydrogen) atoms. The number of nitrogens with one attached hydrogen (secondary N) is 1. The number of anilines is 1. The molecule has 0 aliphatic carbocycles. The van der Waals surface area contributed by atoms with E-state index in [1.807, 2.05) is 6.92 Å². The van der Waals surface area contributed by atoms with E-state index in [2.05, 4.69) is 22.1 Å². The van der Waals surface area contributed by atoms with Crippen molar-refractivity contribution in [2.24, 2.45) is 0 Å². The Labute approximate surface area is 129 Å². The van der Waals surface area contributed by atoms with E-state index >= 15 is 0 Å². The summed E-state index contributed by atoms with van der Waals surface area (Å²) in [5.74, 6) is -0.0281. The number of rotatable bonds is 5. The molecule has 2 rings (SSSR count). The van der Waals surface area contributed by atoms with Gasteiger partial charge in [0.15, 0.2) is 0 Å². The summed E-state index contributed by atoms with van der Waals surface area (Å²) in [6, 6.07) is 8.26. The molecule has 2 aromatic rings. The maximum absolute atomic E-state index is 12.3. The fourth-order valence-electron chi connectivity index (χ4n) is 2.00. The number of hydrogen-bond acceptors (Lipinski definition) is 4. The fourth-order valence-corrected chi connectivity index (χ4v) is 2.00. The molecule has 0 radical (unpaired) electrons. The molecule has 1 aromatic heterocycles.